The topological polar surface area (TPSA) is 17.3 Å². The summed E-state index contributed by atoms with van der Waals surface area (Å²) in [4.78, 5) is 5.43. The van der Waals surface area contributed by atoms with Crippen molar-refractivity contribution in [2.75, 3.05) is 0 Å². The molecule has 0 aliphatic rings. The molecule has 0 N–H and O–H groups in total. The number of thiazole rings is 1. The summed E-state index contributed by atoms with van der Waals surface area (Å²) in [5.41, 5.74) is 1.71. The van der Waals surface area contributed by atoms with Gasteiger partial charge >= 0.3 is 0 Å². The van der Waals surface area contributed by atoms with Crippen LogP contribution >= 0.6 is 34.5 Å². The second-order valence-electron chi connectivity index (χ2n) is 3.32. The average molecular weight is 269 g/mol. The van der Waals surface area contributed by atoms with Crippen LogP contribution in [-0.4, -0.2) is 9.38 Å². The van der Waals surface area contributed by atoms with Crippen molar-refractivity contribution in [1.29, 1.82) is 0 Å². The van der Waals surface area contributed by atoms with Crippen LogP contribution in [0, 0.1) is 0 Å². The van der Waals surface area contributed by atoms with Crippen LogP contribution in [0.2, 0.25) is 10.0 Å². The summed E-state index contributed by atoms with van der Waals surface area (Å²) in [7, 11) is 0. The van der Waals surface area contributed by atoms with E-state index in [9.17, 15) is 0 Å². The van der Waals surface area contributed by atoms with Crippen molar-refractivity contribution in [3.63, 3.8) is 0 Å². The molecule has 1 aromatic carbocycles. The molecule has 0 unspecified atom stereocenters. The maximum absolute atomic E-state index is 6.14. The van der Waals surface area contributed by atoms with E-state index in [1.807, 2.05) is 34.3 Å². The quantitative estimate of drug-likeness (QED) is 0.641. The van der Waals surface area contributed by atoms with Gasteiger partial charge in [-0.1, -0.05) is 35.3 Å². The van der Waals surface area contributed by atoms with Crippen LogP contribution in [0.25, 0.3) is 16.2 Å². The summed E-state index contributed by atoms with van der Waals surface area (Å²) < 4.78 is 1.97. The van der Waals surface area contributed by atoms with Gasteiger partial charge < -0.3 is 0 Å². The first-order chi connectivity index (χ1) is 7.75. The molecule has 2 nitrogen and oxygen atoms in total. The highest BCUT2D eigenvalue weighted by Crippen LogP contribution is 2.33. The first kappa shape index (κ1) is 10.1. The van der Waals surface area contributed by atoms with E-state index in [1.165, 1.54) is 0 Å². The third kappa shape index (κ3) is 1.52. The van der Waals surface area contributed by atoms with Gasteiger partial charge in [-0.2, -0.15) is 0 Å². The third-order valence-corrected chi connectivity index (χ3v) is 3.91. The average Bonchev–Trinajstić information content (AvgIpc) is 2.81. The van der Waals surface area contributed by atoms with Gasteiger partial charge in [0.25, 0.3) is 0 Å². The van der Waals surface area contributed by atoms with Gasteiger partial charge in [0.1, 0.15) is 0 Å². The van der Waals surface area contributed by atoms with E-state index in [0.29, 0.717) is 10.0 Å². The molecule has 5 heteroatoms. The van der Waals surface area contributed by atoms with E-state index < -0.39 is 0 Å². The monoisotopic (exact) mass is 268 g/mol. The number of halogens is 2. The van der Waals surface area contributed by atoms with Gasteiger partial charge in [-0.15, -0.1) is 11.3 Å². The molecule has 0 bridgehead atoms. The molecule has 2 heterocycles. The molecule has 2 aromatic heterocycles. The van der Waals surface area contributed by atoms with E-state index >= 15 is 0 Å². The predicted octanol–water partition coefficient (Wildman–Crippen LogP) is 4.37. The Hall–Kier alpha value is -1.03. The second-order valence-corrected chi connectivity index (χ2v) is 4.98. The highest BCUT2D eigenvalue weighted by Gasteiger charge is 2.10. The molecule has 0 saturated carbocycles. The first-order valence-electron chi connectivity index (χ1n) is 4.62. The zero-order valence-electron chi connectivity index (χ0n) is 8.02. The van der Waals surface area contributed by atoms with Gasteiger partial charge in [0.2, 0.25) is 0 Å². The lowest BCUT2D eigenvalue weighted by atomic mass is 10.2. The SMILES string of the molecule is Clc1cccc(-c2cn3ccsc3n2)c1Cl. The number of imidazole rings is 1. The van der Waals surface area contributed by atoms with Crippen molar-refractivity contribution in [3.8, 4) is 11.3 Å². The zero-order valence-corrected chi connectivity index (χ0v) is 10.4. The van der Waals surface area contributed by atoms with Gasteiger partial charge in [-0.25, -0.2) is 4.98 Å². The maximum atomic E-state index is 6.14. The number of hydrogen-bond donors (Lipinski definition) is 0. The van der Waals surface area contributed by atoms with Gasteiger partial charge in [0, 0.05) is 23.3 Å². The first-order valence-corrected chi connectivity index (χ1v) is 6.26. The standard InChI is InChI=1S/C11H6Cl2N2S/c12-8-3-1-2-7(10(8)13)9-6-15-4-5-16-11(15)14-9/h1-6H. The van der Waals surface area contributed by atoms with Gasteiger partial charge in [-0.3, -0.25) is 4.40 Å². The molecule has 0 saturated heterocycles. The molecule has 3 aromatic rings. The minimum Gasteiger partial charge on any atom is -0.297 e. The molecule has 0 aliphatic heterocycles. The largest absolute Gasteiger partial charge is 0.297 e. The number of hydrogen-bond acceptors (Lipinski definition) is 2. The highest BCUT2D eigenvalue weighted by atomic mass is 35.5. The van der Waals surface area contributed by atoms with Crippen LogP contribution in [-0.2, 0) is 0 Å². The van der Waals surface area contributed by atoms with E-state index in [4.69, 9.17) is 23.2 Å². The molecule has 3 rings (SSSR count). The van der Waals surface area contributed by atoms with Crippen LogP contribution in [0.1, 0.15) is 0 Å². The molecule has 16 heavy (non-hydrogen) atoms. The van der Waals surface area contributed by atoms with Gasteiger partial charge in [0.15, 0.2) is 4.96 Å². The molecule has 0 aliphatic carbocycles. The number of nitrogens with zero attached hydrogens (tertiary/aromatic N) is 2. The van der Waals surface area contributed by atoms with Crippen LogP contribution < -0.4 is 0 Å². The summed E-state index contributed by atoms with van der Waals surface area (Å²) in [5, 5.41) is 3.09. The van der Waals surface area contributed by atoms with E-state index in [0.717, 1.165) is 16.2 Å². The molecule has 0 fully saturated rings. The Bertz CT molecular complexity index is 628. The summed E-state index contributed by atoms with van der Waals surface area (Å²) in [6, 6.07) is 5.56. The van der Waals surface area contributed by atoms with Crippen molar-refractivity contribution in [3.05, 3.63) is 46.0 Å². The number of rotatable bonds is 1. The fourth-order valence-electron chi connectivity index (χ4n) is 1.56. The Balaban J connectivity index is 2.23. The van der Waals surface area contributed by atoms with E-state index in [-0.39, 0.29) is 0 Å². The highest BCUT2D eigenvalue weighted by molar-refractivity contribution is 7.15. The van der Waals surface area contributed by atoms with Crippen LogP contribution in [0.3, 0.4) is 0 Å². The molecule has 0 spiro atoms. The van der Waals surface area contributed by atoms with Crippen molar-refractivity contribution in [2.45, 2.75) is 0 Å². The Kier molecular flexibility index (Phi) is 2.39. The zero-order chi connectivity index (χ0) is 11.1. The van der Waals surface area contributed by atoms with E-state index in [2.05, 4.69) is 4.98 Å². The summed E-state index contributed by atoms with van der Waals surface area (Å²) in [6.45, 7) is 0. The number of fused-ring (bicyclic) bond motifs is 1. The summed E-state index contributed by atoms with van der Waals surface area (Å²) in [6.07, 6.45) is 3.92. The fraction of sp³-hybridized carbons (Fsp3) is 0. The van der Waals surface area contributed by atoms with Crippen LogP contribution in [0.4, 0.5) is 0 Å². The normalized spacial score (nSPS) is 11.1. The fourth-order valence-corrected chi connectivity index (χ4v) is 2.66. The molecule has 0 atom stereocenters. The minimum atomic E-state index is 0.551. The molecule has 0 amide bonds. The minimum absolute atomic E-state index is 0.551. The van der Waals surface area contributed by atoms with E-state index in [1.54, 1.807) is 17.4 Å². The van der Waals surface area contributed by atoms with Crippen molar-refractivity contribution in [2.24, 2.45) is 0 Å². The lowest BCUT2D eigenvalue weighted by Crippen LogP contribution is -1.79. The lowest BCUT2D eigenvalue weighted by molar-refractivity contribution is 1.23. The number of benzene rings is 1. The molecular weight excluding hydrogens is 263 g/mol. The maximum Gasteiger partial charge on any atom is 0.194 e. The lowest BCUT2D eigenvalue weighted by Gasteiger charge is -2.01. The second kappa shape index (κ2) is 3.77. The number of aromatic nitrogens is 2. The Morgan fingerprint density at radius 3 is 2.94 bits per heavy atom. The predicted molar refractivity (Wildman–Crippen MR) is 68.5 cm³/mol. The Morgan fingerprint density at radius 2 is 2.12 bits per heavy atom. The summed E-state index contributed by atoms with van der Waals surface area (Å²) in [5.74, 6) is 0. The van der Waals surface area contributed by atoms with Crippen LogP contribution in [0.5, 0.6) is 0 Å². The van der Waals surface area contributed by atoms with Crippen molar-refractivity contribution >= 4 is 39.5 Å². The summed E-state index contributed by atoms with van der Waals surface area (Å²) >= 11 is 13.7. The smallest absolute Gasteiger partial charge is 0.194 e. The van der Waals surface area contributed by atoms with Gasteiger partial charge in [-0.05, 0) is 6.07 Å². The molecular formula is C11H6Cl2N2S. The Morgan fingerprint density at radius 1 is 1.25 bits per heavy atom. The van der Waals surface area contributed by atoms with Crippen molar-refractivity contribution < 1.29 is 0 Å². The van der Waals surface area contributed by atoms with Gasteiger partial charge in [0.05, 0.1) is 15.7 Å². The molecule has 80 valence electrons. The Labute approximate surface area is 106 Å². The van der Waals surface area contributed by atoms with Crippen LogP contribution in [0.15, 0.2) is 36.0 Å². The van der Waals surface area contributed by atoms with Crippen molar-refractivity contribution in [1.82, 2.24) is 9.38 Å². The third-order valence-electron chi connectivity index (χ3n) is 2.32. The molecule has 0 radical (unpaired) electrons.